The lowest BCUT2D eigenvalue weighted by Gasteiger charge is -2.22. The van der Waals surface area contributed by atoms with Crippen molar-refractivity contribution in [3.8, 4) is 0 Å². The van der Waals surface area contributed by atoms with E-state index in [1.165, 1.54) is 12.8 Å². The first kappa shape index (κ1) is 17.2. The molecule has 0 radical (unpaired) electrons. The Balaban J connectivity index is 4.38. The molecule has 17 heavy (non-hydrogen) atoms. The van der Waals surface area contributed by atoms with Crippen molar-refractivity contribution < 1.29 is 13.6 Å². The Hall–Kier alpha value is 0.150. The van der Waals surface area contributed by atoms with E-state index in [1.54, 1.807) is 0 Å². The molecule has 0 aromatic carbocycles. The van der Waals surface area contributed by atoms with Crippen LogP contribution in [-0.2, 0) is 13.6 Å². The van der Waals surface area contributed by atoms with Crippen LogP contribution < -0.4 is 0 Å². The fourth-order valence-corrected chi connectivity index (χ4v) is 4.15. The third-order valence-electron chi connectivity index (χ3n) is 2.80. The van der Waals surface area contributed by atoms with E-state index in [4.69, 9.17) is 9.05 Å². The van der Waals surface area contributed by atoms with Gasteiger partial charge in [0, 0.05) is 0 Å². The lowest BCUT2D eigenvalue weighted by atomic mass is 9.99. The van der Waals surface area contributed by atoms with Gasteiger partial charge >= 0.3 is 7.60 Å². The molecule has 0 saturated heterocycles. The van der Waals surface area contributed by atoms with Crippen LogP contribution in [0.4, 0.5) is 0 Å². The van der Waals surface area contributed by atoms with Crippen molar-refractivity contribution in [2.24, 2.45) is 5.92 Å². The topological polar surface area (TPSA) is 35.5 Å². The molecule has 3 nitrogen and oxygen atoms in total. The smallest absolute Gasteiger partial charge is 0.309 e. The summed E-state index contributed by atoms with van der Waals surface area (Å²) in [6.07, 6.45) is 6.35. The third kappa shape index (κ3) is 7.96. The fourth-order valence-electron chi connectivity index (χ4n) is 2.08. The van der Waals surface area contributed by atoms with Crippen molar-refractivity contribution in [1.82, 2.24) is 0 Å². The lowest BCUT2D eigenvalue weighted by molar-refractivity contribution is 0.214. The van der Waals surface area contributed by atoms with E-state index >= 15 is 0 Å². The maximum atomic E-state index is 12.4. The highest BCUT2D eigenvalue weighted by atomic mass is 31.2. The Morgan fingerprint density at radius 1 is 0.941 bits per heavy atom. The van der Waals surface area contributed by atoms with Crippen molar-refractivity contribution >= 4 is 7.60 Å². The third-order valence-corrected chi connectivity index (χ3v) is 5.06. The minimum atomic E-state index is -2.85. The van der Waals surface area contributed by atoms with Gasteiger partial charge in [-0.3, -0.25) is 4.57 Å². The SMILES string of the molecule is CCCCC(CCC)CP(=O)(OCC)OCC. The van der Waals surface area contributed by atoms with Gasteiger partial charge in [-0.25, -0.2) is 0 Å². The monoisotopic (exact) mass is 264 g/mol. The van der Waals surface area contributed by atoms with Crippen molar-refractivity contribution in [2.75, 3.05) is 19.4 Å². The summed E-state index contributed by atoms with van der Waals surface area (Å²) < 4.78 is 23.1. The van der Waals surface area contributed by atoms with E-state index in [1.807, 2.05) is 13.8 Å². The van der Waals surface area contributed by atoms with Crippen LogP contribution in [0.3, 0.4) is 0 Å². The zero-order valence-corrected chi connectivity index (χ0v) is 12.8. The molecule has 0 aliphatic rings. The Morgan fingerprint density at radius 2 is 1.53 bits per heavy atom. The fraction of sp³-hybridized carbons (Fsp3) is 1.00. The van der Waals surface area contributed by atoms with E-state index in [-0.39, 0.29) is 0 Å². The molecule has 0 rings (SSSR count). The maximum Gasteiger partial charge on any atom is 0.330 e. The van der Waals surface area contributed by atoms with Gasteiger partial charge in [0.05, 0.1) is 19.4 Å². The number of hydrogen-bond donors (Lipinski definition) is 0. The summed E-state index contributed by atoms with van der Waals surface area (Å²) in [5.74, 6) is 0.476. The zero-order chi connectivity index (χ0) is 13.1. The van der Waals surface area contributed by atoms with Crippen molar-refractivity contribution in [3.63, 3.8) is 0 Å². The molecule has 0 aliphatic heterocycles. The molecule has 1 unspecified atom stereocenters. The summed E-state index contributed by atoms with van der Waals surface area (Å²) in [7, 11) is -2.85. The van der Waals surface area contributed by atoms with Crippen LogP contribution >= 0.6 is 7.60 Å². The summed E-state index contributed by atoms with van der Waals surface area (Å²) in [6.45, 7) is 9.02. The molecule has 0 aromatic heterocycles. The highest BCUT2D eigenvalue weighted by Crippen LogP contribution is 2.50. The molecule has 0 spiro atoms. The second kappa shape index (κ2) is 10.1. The largest absolute Gasteiger partial charge is 0.330 e. The highest BCUT2D eigenvalue weighted by Gasteiger charge is 2.27. The second-order valence-corrected chi connectivity index (χ2v) is 6.53. The van der Waals surface area contributed by atoms with Gasteiger partial charge in [0.15, 0.2) is 0 Å². The van der Waals surface area contributed by atoms with E-state index in [2.05, 4.69) is 13.8 Å². The Labute approximate surface area is 107 Å². The molecule has 1 atom stereocenters. The zero-order valence-electron chi connectivity index (χ0n) is 11.9. The first-order chi connectivity index (χ1) is 8.11. The number of unbranched alkanes of at least 4 members (excludes halogenated alkanes) is 1. The van der Waals surface area contributed by atoms with E-state index < -0.39 is 7.60 Å². The summed E-state index contributed by atoms with van der Waals surface area (Å²) in [6, 6.07) is 0. The number of rotatable bonds is 11. The molecular weight excluding hydrogens is 235 g/mol. The van der Waals surface area contributed by atoms with Gasteiger partial charge in [0.2, 0.25) is 0 Å². The van der Waals surface area contributed by atoms with Gasteiger partial charge in [0.25, 0.3) is 0 Å². The summed E-state index contributed by atoms with van der Waals surface area (Å²) >= 11 is 0. The van der Waals surface area contributed by atoms with Crippen molar-refractivity contribution in [3.05, 3.63) is 0 Å². The molecule has 104 valence electrons. The highest BCUT2D eigenvalue weighted by molar-refractivity contribution is 7.53. The Kier molecular flexibility index (Phi) is 10.2. The average Bonchev–Trinajstić information content (AvgIpc) is 2.26. The molecule has 0 N–H and O–H groups in total. The van der Waals surface area contributed by atoms with Crippen LogP contribution in [0, 0.1) is 5.92 Å². The summed E-state index contributed by atoms with van der Waals surface area (Å²) in [4.78, 5) is 0. The van der Waals surface area contributed by atoms with Crippen molar-refractivity contribution in [1.29, 1.82) is 0 Å². The van der Waals surface area contributed by atoms with Gasteiger partial charge in [-0.1, -0.05) is 39.5 Å². The summed E-state index contributed by atoms with van der Waals surface area (Å²) in [5, 5.41) is 0. The van der Waals surface area contributed by atoms with Gasteiger partial charge in [-0.05, 0) is 26.2 Å². The van der Waals surface area contributed by atoms with E-state index in [0.29, 0.717) is 25.3 Å². The Bertz CT molecular complexity index is 209. The molecule has 0 amide bonds. The van der Waals surface area contributed by atoms with Crippen LogP contribution in [0.2, 0.25) is 0 Å². The minimum absolute atomic E-state index is 0.462. The van der Waals surface area contributed by atoms with Crippen LogP contribution in [0.1, 0.15) is 59.8 Å². The van der Waals surface area contributed by atoms with E-state index in [9.17, 15) is 4.57 Å². The van der Waals surface area contributed by atoms with Crippen LogP contribution in [0.5, 0.6) is 0 Å². The summed E-state index contributed by atoms with van der Waals surface area (Å²) in [5.41, 5.74) is 0. The molecule has 4 heteroatoms. The first-order valence-electron chi connectivity index (χ1n) is 6.99. The van der Waals surface area contributed by atoms with Gasteiger partial charge in [-0.2, -0.15) is 0 Å². The van der Waals surface area contributed by atoms with E-state index in [0.717, 1.165) is 19.3 Å². The minimum Gasteiger partial charge on any atom is -0.309 e. The molecule has 0 fully saturated rings. The first-order valence-corrected chi connectivity index (χ1v) is 8.72. The lowest BCUT2D eigenvalue weighted by Crippen LogP contribution is -2.10. The van der Waals surface area contributed by atoms with Gasteiger partial charge < -0.3 is 9.05 Å². The van der Waals surface area contributed by atoms with Crippen LogP contribution in [0.15, 0.2) is 0 Å². The predicted octanol–water partition coefficient (Wildman–Crippen LogP) is 4.86. The normalized spacial score (nSPS) is 13.9. The van der Waals surface area contributed by atoms with Crippen LogP contribution in [0.25, 0.3) is 0 Å². The van der Waals surface area contributed by atoms with Crippen LogP contribution in [-0.4, -0.2) is 19.4 Å². The standard InChI is InChI=1S/C13H29O3P/c1-5-9-11-13(10-6-2)12-17(14,15-7-3)16-8-4/h13H,5-12H2,1-4H3. The Morgan fingerprint density at radius 3 is 1.94 bits per heavy atom. The number of hydrogen-bond acceptors (Lipinski definition) is 3. The maximum absolute atomic E-state index is 12.4. The predicted molar refractivity (Wildman–Crippen MR) is 73.6 cm³/mol. The van der Waals surface area contributed by atoms with Gasteiger partial charge in [0.1, 0.15) is 0 Å². The molecule has 0 heterocycles. The second-order valence-electron chi connectivity index (χ2n) is 4.43. The molecule has 0 saturated carbocycles. The van der Waals surface area contributed by atoms with Gasteiger partial charge in [-0.15, -0.1) is 0 Å². The average molecular weight is 264 g/mol. The molecule has 0 aromatic rings. The molecule has 0 bridgehead atoms. The molecular formula is C13H29O3P. The quantitative estimate of drug-likeness (QED) is 0.500. The molecule has 0 aliphatic carbocycles. The van der Waals surface area contributed by atoms with Crippen molar-refractivity contribution in [2.45, 2.75) is 59.8 Å².